The fraction of sp³-hybridized carbons (Fsp3) is 0.0938. The Bertz CT molecular complexity index is 1580. The van der Waals surface area contributed by atoms with E-state index in [4.69, 9.17) is 21.3 Å². The SMILES string of the molecule is Cc1ccc(N=C2S/C(=C\c3ccc(OCC(=O)Nc4ccc(Cl)cc4)cc3)C(=O)N2c2ccc(C)cc2)cc1. The van der Waals surface area contributed by atoms with E-state index < -0.39 is 0 Å². The second-order valence-electron chi connectivity index (χ2n) is 9.23. The first-order valence-corrected chi connectivity index (χ1v) is 13.8. The van der Waals surface area contributed by atoms with Crippen LogP contribution in [0.3, 0.4) is 0 Å². The Morgan fingerprint density at radius 2 is 1.52 bits per heavy atom. The summed E-state index contributed by atoms with van der Waals surface area (Å²) in [7, 11) is 0. The van der Waals surface area contributed by atoms with Gasteiger partial charge in [0, 0.05) is 10.7 Å². The van der Waals surface area contributed by atoms with Crippen LogP contribution in [-0.2, 0) is 9.59 Å². The fourth-order valence-electron chi connectivity index (χ4n) is 3.89. The number of carbonyl (C=O) groups excluding carboxylic acids is 2. The van der Waals surface area contributed by atoms with Crippen LogP contribution in [0.1, 0.15) is 16.7 Å². The summed E-state index contributed by atoms with van der Waals surface area (Å²) in [6, 6.07) is 29.8. The lowest BCUT2D eigenvalue weighted by atomic mass is 10.2. The van der Waals surface area contributed by atoms with Crippen LogP contribution in [0.15, 0.2) is 107 Å². The summed E-state index contributed by atoms with van der Waals surface area (Å²) < 4.78 is 5.63. The number of amides is 2. The molecular weight excluding hydrogens is 542 g/mol. The van der Waals surface area contributed by atoms with Gasteiger partial charge in [-0.3, -0.25) is 14.5 Å². The maximum absolute atomic E-state index is 13.5. The molecule has 0 aliphatic carbocycles. The average molecular weight is 568 g/mol. The van der Waals surface area contributed by atoms with Crippen LogP contribution in [-0.4, -0.2) is 23.6 Å². The van der Waals surface area contributed by atoms with Crippen molar-refractivity contribution in [2.75, 3.05) is 16.8 Å². The molecule has 4 aromatic carbocycles. The number of nitrogens with zero attached hydrogens (tertiary/aromatic N) is 2. The molecule has 8 heteroatoms. The first-order valence-electron chi connectivity index (χ1n) is 12.6. The van der Waals surface area contributed by atoms with Gasteiger partial charge in [0.1, 0.15) is 5.75 Å². The largest absolute Gasteiger partial charge is 0.484 e. The Balaban J connectivity index is 1.30. The Kier molecular flexibility index (Phi) is 8.34. The Labute approximate surface area is 242 Å². The lowest BCUT2D eigenvalue weighted by Crippen LogP contribution is -2.28. The van der Waals surface area contributed by atoms with Gasteiger partial charge in [-0.05, 0) is 97.9 Å². The van der Waals surface area contributed by atoms with Crippen molar-refractivity contribution in [3.63, 3.8) is 0 Å². The molecule has 200 valence electrons. The summed E-state index contributed by atoms with van der Waals surface area (Å²) in [5, 5.41) is 3.95. The van der Waals surface area contributed by atoms with E-state index in [-0.39, 0.29) is 18.4 Å². The monoisotopic (exact) mass is 567 g/mol. The summed E-state index contributed by atoms with van der Waals surface area (Å²) in [4.78, 5) is 32.7. The third-order valence-electron chi connectivity index (χ3n) is 6.03. The second-order valence-corrected chi connectivity index (χ2v) is 10.7. The molecule has 0 aromatic heterocycles. The maximum atomic E-state index is 13.5. The number of carbonyl (C=O) groups is 2. The molecule has 0 saturated carbocycles. The van der Waals surface area contributed by atoms with Crippen LogP contribution in [0.2, 0.25) is 5.02 Å². The van der Waals surface area contributed by atoms with E-state index in [0.29, 0.717) is 26.5 Å². The molecule has 1 heterocycles. The minimum Gasteiger partial charge on any atom is -0.484 e. The molecule has 1 N–H and O–H groups in total. The molecule has 4 aromatic rings. The second kappa shape index (κ2) is 12.2. The summed E-state index contributed by atoms with van der Waals surface area (Å²) in [5.41, 5.74) is 5.27. The summed E-state index contributed by atoms with van der Waals surface area (Å²) in [5.74, 6) is 0.124. The number of hydrogen-bond donors (Lipinski definition) is 1. The predicted molar refractivity (Wildman–Crippen MR) is 165 cm³/mol. The van der Waals surface area contributed by atoms with E-state index in [2.05, 4.69) is 5.32 Å². The molecule has 0 bridgehead atoms. The first kappa shape index (κ1) is 27.2. The van der Waals surface area contributed by atoms with E-state index in [1.807, 2.05) is 80.6 Å². The molecule has 2 amide bonds. The predicted octanol–water partition coefficient (Wildman–Crippen LogP) is 7.78. The van der Waals surface area contributed by atoms with Gasteiger partial charge in [-0.15, -0.1) is 0 Å². The number of ether oxygens (including phenoxy) is 1. The van der Waals surface area contributed by atoms with Gasteiger partial charge in [-0.1, -0.05) is 59.1 Å². The van der Waals surface area contributed by atoms with Crippen molar-refractivity contribution in [2.24, 2.45) is 4.99 Å². The third kappa shape index (κ3) is 6.81. The zero-order valence-electron chi connectivity index (χ0n) is 21.9. The van der Waals surface area contributed by atoms with Crippen molar-refractivity contribution < 1.29 is 14.3 Å². The topological polar surface area (TPSA) is 71.0 Å². The quantitative estimate of drug-likeness (QED) is 0.231. The van der Waals surface area contributed by atoms with Gasteiger partial charge in [0.15, 0.2) is 11.8 Å². The number of amidine groups is 1. The van der Waals surface area contributed by atoms with Crippen LogP contribution < -0.4 is 15.0 Å². The summed E-state index contributed by atoms with van der Waals surface area (Å²) in [6.45, 7) is 3.90. The number of aliphatic imine (C=N–C) groups is 1. The van der Waals surface area contributed by atoms with E-state index in [1.165, 1.54) is 11.8 Å². The van der Waals surface area contributed by atoms with Crippen LogP contribution in [0.4, 0.5) is 17.1 Å². The van der Waals surface area contributed by atoms with Crippen LogP contribution in [0.5, 0.6) is 5.75 Å². The Morgan fingerprint density at radius 3 is 2.17 bits per heavy atom. The number of hydrogen-bond acceptors (Lipinski definition) is 5. The highest BCUT2D eigenvalue weighted by molar-refractivity contribution is 8.19. The van der Waals surface area contributed by atoms with Crippen molar-refractivity contribution in [3.05, 3.63) is 124 Å². The zero-order chi connectivity index (χ0) is 28.1. The molecule has 1 fully saturated rings. The molecular formula is C32H26ClN3O3S. The number of nitrogens with one attached hydrogen (secondary N) is 1. The highest BCUT2D eigenvalue weighted by Gasteiger charge is 2.34. The lowest BCUT2D eigenvalue weighted by Gasteiger charge is -2.16. The van der Waals surface area contributed by atoms with Gasteiger partial charge >= 0.3 is 0 Å². The van der Waals surface area contributed by atoms with Gasteiger partial charge in [0.25, 0.3) is 11.8 Å². The molecule has 0 unspecified atom stereocenters. The van der Waals surface area contributed by atoms with Crippen LogP contribution in [0.25, 0.3) is 6.08 Å². The van der Waals surface area contributed by atoms with Gasteiger partial charge < -0.3 is 10.1 Å². The molecule has 0 radical (unpaired) electrons. The smallest absolute Gasteiger partial charge is 0.271 e. The first-order chi connectivity index (χ1) is 19.3. The molecule has 6 nitrogen and oxygen atoms in total. The average Bonchev–Trinajstić information content (AvgIpc) is 3.25. The van der Waals surface area contributed by atoms with Crippen molar-refractivity contribution in [1.82, 2.24) is 0 Å². The molecule has 1 aliphatic heterocycles. The minimum atomic E-state index is -0.280. The summed E-state index contributed by atoms with van der Waals surface area (Å²) in [6.07, 6.45) is 1.84. The number of anilines is 2. The third-order valence-corrected chi connectivity index (χ3v) is 7.25. The van der Waals surface area contributed by atoms with E-state index in [0.717, 1.165) is 28.1 Å². The lowest BCUT2D eigenvalue weighted by molar-refractivity contribution is -0.118. The van der Waals surface area contributed by atoms with Gasteiger partial charge in [-0.25, -0.2) is 4.99 Å². The standard InChI is InChI=1S/C32H26ClN3O3S/c1-21-3-11-26(12-4-21)35-32-36(27-15-5-22(2)6-16-27)31(38)29(40-32)19-23-7-17-28(18-8-23)39-20-30(37)34-25-13-9-24(33)10-14-25/h3-19H,20H2,1-2H3,(H,34,37)/b29-19-,35-32?. The van der Waals surface area contributed by atoms with E-state index >= 15 is 0 Å². The minimum absolute atomic E-state index is 0.137. The van der Waals surface area contributed by atoms with Crippen LogP contribution >= 0.6 is 23.4 Å². The zero-order valence-corrected chi connectivity index (χ0v) is 23.5. The van der Waals surface area contributed by atoms with Gasteiger partial charge in [-0.2, -0.15) is 0 Å². The van der Waals surface area contributed by atoms with E-state index in [1.54, 1.807) is 41.3 Å². The Hall–Kier alpha value is -4.33. The molecule has 40 heavy (non-hydrogen) atoms. The summed E-state index contributed by atoms with van der Waals surface area (Å²) >= 11 is 7.21. The molecule has 5 rings (SSSR count). The van der Waals surface area contributed by atoms with Crippen LogP contribution in [0, 0.1) is 13.8 Å². The van der Waals surface area contributed by atoms with Crippen molar-refractivity contribution >= 4 is 63.5 Å². The van der Waals surface area contributed by atoms with Gasteiger partial charge in [0.05, 0.1) is 16.3 Å². The number of benzene rings is 4. The van der Waals surface area contributed by atoms with E-state index in [9.17, 15) is 9.59 Å². The molecule has 1 aliphatic rings. The van der Waals surface area contributed by atoms with Crippen molar-refractivity contribution in [1.29, 1.82) is 0 Å². The van der Waals surface area contributed by atoms with Crippen molar-refractivity contribution in [2.45, 2.75) is 13.8 Å². The highest BCUT2D eigenvalue weighted by Crippen LogP contribution is 2.37. The fourth-order valence-corrected chi connectivity index (χ4v) is 5.02. The van der Waals surface area contributed by atoms with Gasteiger partial charge in [0.2, 0.25) is 0 Å². The molecule has 1 saturated heterocycles. The number of halogens is 1. The van der Waals surface area contributed by atoms with Crippen molar-refractivity contribution in [3.8, 4) is 5.75 Å². The Morgan fingerprint density at radius 1 is 0.900 bits per heavy atom. The number of thioether (sulfide) groups is 1. The number of rotatable bonds is 7. The maximum Gasteiger partial charge on any atom is 0.271 e. The highest BCUT2D eigenvalue weighted by atomic mass is 35.5. The number of aryl methyl sites for hydroxylation is 2. The molecule has 0 spiro atoms. The normalized spacial score (nSPS) is 15.1. The molecule has 0 atom stereocenters.